The summed E-state index contributed by atoms with van der Waals surface area (Å²) in [6, 6.07) is 1.00. The molecule has 96 valence electrons. The van der Waals surface area contributed by atoms with Crippen LogP contribution >= 0.6 is 11.6 Å². The third kappa shape index (κ3) is 2.36. The number of carbonyl (C=O) groups excluding carboxylic acids is 2. The molecule has 1 atom stereocenters. The summed E-state index contributed by atoms with van der Waals surface area (Å²) in [5.41, 5.74) is -0.0678. The number of likely N-dealkylation sites (tertiary alicyclic amines) is 1. The molecule has 1 unspecified atom stereocenters. The molecule has 2 heterocycles. The predicted octanol–water partition coefficient (Wildman–Crippen LogP) is 2.27. The smallest absolute Gasteiger partial charge is 0.263 e. The Bertz CT molecular complexity index is 507. The number of amides is 2. The Labute approximate surface area is 109 Å². The van der Waals surface area contributed by atoms with Gasteiger partial charge in [0.25, 0.3) is 5.91 Å². The van der Waals surface area contributed by atoms with Gasteiger partial charge >= 0.3 is 0 Å². The second-order valence-corrected chi connectivity index (χ2v) is 4.64. The van der Waals surface area contributed by atoms with Gasteiger partial charge in [-0.3, -0.25) is 14.5 Å². The van der Waals surface area contributed by atoms with Crippen LogP contribution in [0.15, 0.2) is 12.3 Å². The fourth-order valence-corrected chi connectivity index (χ4v) is 2.15. The number of nitrogens with zero attached hydrogens (tertiary/aromatic N) is 2. The van der Waals surface area contributed by atoms with Crippen LogP contribution in [0.4, 0.5) is 4.39 Å². The van der Waals surface area contributed by atoms with Gasteiger partial charge in [0.1, 0.15) is 11.0 Å². The van der Waals surface area contributed by atoms with Crippen molar-refractivity contribution >= 4 is 23.4 Å². The highest BCUT2D eigenvalue weighted by Crippen LogP contribution is 2.24. The summed E-state index contributed by atoms with van der Waals surface area (Å²) in [5.74, 6) is -1.30. The molecule has 4 nitrogen and oxygen atoms in total. The van der Waals surface area contributed by atoms with Crippen LogP contribution in [0.5, 0.6) is 0 Å². The molecule has 1 aliphatic rings. The number of aromatic nitrogens is 1. The van der Waals surface area contributed by atoms with Crippen molar-refractivity contribution in [3.63, 3.8) is 0 Å². The van der Waals surface area contributed by atoms with Crippen LogP contribution < -0.4 is 0 Å². The fraction of sp³-hybridized carbons (Fsp3) is 0.417. The topological polar surface area (TPSA) is 50.3 Å². The van der Waals surface area contributed by atoms with Crippen LogP contribution in [0.25, 0.3) is 0 Å². The van der Waals surface area contributed by atoms with Crippen molar-refractivity contribution in [3.8, 4) is 0 Å². The molecule has 1 aromatic heterocycles. The van der Waals surface area contributed by atoms with Gasteiger partial charge in [0.05, 0.1) is 11.8 Å². The number of carbonyl (C=O) groups is 2. The highest BCUT2D eigenvalue weighted by atomic mass is 35.5. The van der Waals surface area contributed by atoms with E-state index in [1.807, 2.05) is 6.92 Å². The summed E-state index contributed by atoms with van der Waals surface area (Å²) < 4.78 is 13.1. The van der Waals surface area contributed by atoms with Crippen LogP contribution in [0, 0.1) is 11.7 Å². The first-order valence-electron chi connectivity index (χ1n) is 5.68. The molecule has 0 N–H and O–H groups in total. The maximum absolute atomic E-state index is 13.1. The number of halogens is 2. The Morgan fingerprint density at radius 1 is 1.67 bits per heavy atom. The first-order chi connectivity index (χ1) is 8.52. The summed E-state index contributed by atoms with van der Waals surface area (Å²) in [6.45, 7) is 2.32. The van der Waals surface area contributed by atoms with Gasteiger partial charge in [0.2, 0.25) is 5.91 Å². The van der Waals surface area contributed by atoms with Gasteiger partial charge < -0.3 is 0 Å². The van der Waals surface area contributed by atoms with Gasteiger partial charge in [0.15, 0.2) is 0 Å². The third-order valence-corrected chi connectivity index (χ3v) is 3.36. The van der Waals surface area contributed by atoms with E-state index < -0.39 is 11.7 Å². The lowest BCUT2D eigenvalue weighted by atomic mass is 10.1. The monoisotopic (exact) mass is 270 g/mol. The van der Waals surface area contributed by atoms with Crippen molar-refractivity contribution < 1.29 is 14.0 Å². The lowest BCUT2D eigenvalue weighted by Crippen LogP contribution is -2.32. The van der Waals surface area contributed by atoms with Gasteiger partial charge in [-0.25, -0.2) is 9.37 Å². The average molecular weight is 271 g/mol. The van der Waals surface area contributed by atoms with E-state index in [0.717, 1.165) is 23.6 Å². The molecular weight excluding hydrogens is 259 g/mol. The number of hydrogen-bond donors (Lipinski definition) is 0. The maximum Gasteiger partial charge on any atom is 0.263 e. The number of pyridine rings is 1. The van der Waals surface area contributed by atoms with E-state index in [1.54, 1.807) is 0 Å². The quantitative estimate of drug-likeness (QED) is 0.612. The fourth-order valence-electron chi connectivity index (χ4n) is 1.97. The zero-order valence-corrected chi connectivity index (χ0v) is 10.6. The number of hydrogen-bond acceptors (Lipinski definition) is 3. The first kappa shape index (κ1) is 13.0. The Morgan fingerprint density at radius 3 is 3.00 bits per heavy atom. The lowest BCUT2D eigenvalue weighted by Gasteiger charge is -2.14. The van der Waals surface area contributed by atoms with E-state index in [2.05, 4.69) is 4.98 Å². The second-order valence-electron chi connectivity index (χ2n) is 4.28. The van der Waals surface area contributed by atoms with Gasteiger partial charge in [-0.05, 0) is 12.0 Å². The first-order valence-corrected chi connectivity index (χ1v) is 6.06. The van der Waals surface area contributed by atoms with E-state index >= 15 is 0 Å². The Morgan fingerprint density at radius 2 is 2.39 bits per heavy atom. The zero-order chi connectivity index (χ0) is 13.3. The highest BCUT2D eigenvalue weighted by molar-refractivity contribution is 6.33. The molecule has 0 spiro atoms. The predicted molar refractivity (Wildman–Crippen MR) is 63.6 cm³/mol. The van der Waals surface area contributed by atoms with Gasteiger partial charge in [0, 0.05) is 13.0 Å². The molecule has 1 aromatic rings. The summed E-state index contributed by atoms with van der Waals surface area (Å²) in [7, 11) is 0. The molecule has 1 saturated heterocycles. The molecule has 0 radical (unpaired) electrons. The van der Waals surface area contributed by atoms with Crippen LogP contribution in [0.1, 0.15) is 30.1 Å². The van der Waals surface area contributed by atoms with Gasteiger partial charge in [-0.2, -0.15) is 0 Å². The van der Waals surface area contributed by atoms with Crippen LogP contribution in [-0.4, -0.2) is 28.2 Å². The van der Waals surface area contributed by atoms with E-state index in [4.69, 9.17) is 11.6 Å². The second kappa shape index (κ2) is 5.02. The number of imide groups is 1. The molecular formula is C12H12ClFN2O2. The van der Waals surface area contributed by atoms with Crippen molar-refractivity contribution in [2.75, 3.05) is 6.54 Å². The molecule has 0 aliphatic carbocycles. The standard InChI is InChI=1S/C12H12ClFN2O2/c1-2-7-3-10(17)16(6-7)12(18)9-4-8(14)5-15-11(9)13/h4-5,7H,2-3,6H2,1H3. The highest BCUT2D eigenvalue weighted by Gasteiger charge is 2.34. The van der Waals surface area contributed by atoms with Gasteiger partial charge in [-0.15, -0.1) is 0 Å². The Hall–Kier alpha value is -1.49. The van der Waals surface area contributed by atoms with Gasteiger partial charge in [-0.1, -0.05) is 24.9 Å². The van der Waals surface area contributed by atoms with Crippen molar-refractivity contribution in [3.05, 3.63) is 28.8 Å². The average Bonchev–Trinajstić information content (AvgIpc) is 2.73. The van der Waals surface area contributed by atoms with Crippen molar-refractivity contribution in [2.45, 2.75) is 19.8 Å². The summed E-state index contributed by atoms with van der Waals surface area (Å²) in [6.07, 6.45) is 2.10. The third-order valence-electron chi connectivity index (χ3n) is 3.06. The molecule has 0 bridgehead atoms. The zero-order valence-electron chi connectivity index (χ0n) is 9.82. The summed E-state index contributed by atoms with van der Waals surface area (Å²) >= 11 is 5.75. The van der Waals surface area contributed by atoms with E-state index in [9.17, 15) is 14.0 Å². The van der Waals surface area contributed by atoms with Crippen molar-refractivity contribution in [2.24, 2.45) is 5.92 Å². The van der Waals surface area contributed by atoms with Crippen molar-refractivity contribution in [1.29, 1.82) is 0 Å². The molecule has 6 heteroatoms. The molecule has 0 aromatic carbocycles. The molecule has 1 fully saturated rings. The maximum atomic E-state index is 13.1. The lowest BCUT2D eigenvalue weighted by molar-refractivity contribution is -0.125. The molecule has 1 aliphatic heterocycles. The molecule has 2 amide bonds. The summed E-state index contributed by atoms with van der Waals surface area (Å²) in [4.78, 5) is 28.5. The summed E-state index contributed by atoms with van der Waals surface area (Å²) in [5, 5.41) is -0.0888. The molecule has 0 saturated carbocycles. The Kier molecular flexibility index (Phi) is 3.61. The minimum absolute atomic E-state index is 0.0678. The minimum Gasteiger partial charge on any atom is -0.278 e. The molecule has 18 heavy (non-hydrogen) atoms. The number of rotatable bonds is 2. The minimum atomic E-state index is -0.651. The normalized spacial score (nSPS) is 19.4. The largest absolute Gasteiger partial charge is 0.278 e. The molecule has 2 rings (SSSR count). The van der Waals surface area contributed by atoms with E-state index in [1.165, 1.54) is 0 Å². The van der Waals surface area contributed by atoms with E-state index in [0.29, 0.717) is 13.0 Å². The van der Waals surface area contributed by atoms with Crippen molar-refractivity contribution in [1.82, 2.24) is 9.88 Å². The SMILES string of the molecule is CCC1CC(=O)N(C(=O)c2cc(F)cnc2Cl)C1. The van der Waals surface area contributed by atoms with Crippen LogP contribution in [0.2, 0.25) is 5.15 Å². The van der Waals surface area contributed by atoms with E-state index in [-0.39, 0.29) is 22.5 Å². The van der Waals surface area contributed by atoms with Crippen LogP contribution in [0.3, 0.4) is 0 Å². The van der Waals surface area contributed by atoms with Crippen LogP contribution in [-0.2, 0) is 4.79 Å². The Balaban J connectivity index is 2.26.